The fourth-order valence-corrected chi connectivity index (χ4v) is 2.18. The van der Waals surface area contributed by atoms with Crippen LogP contribution in [0.25, 0.3) is 22.3 Å². The Labute approximate surface area is 106 Å². The van der Waals surface area contributed by atoms with Gasteiger partial charge in [0.2, 0.25) is 0 Å². The van der Waals surface area contributed by atoms with Gasteiger partial charge in [0.1, 0.15) is 5.75 Å². The normalized spacial score (nSPS) is 10.8. The second kappa shape index (κ2) is 4.22. The molecule has 1 radical (unpaired) electrons. The van der Waals surface area contributed by atoms with Gasteiger partial charge in [-0.3, -0.25) is 0 Å². The third kappa shape index (κ3) is 1.66. The summed E-state index contributed by atoms with van der Waals surface area (Å²) in [6, 6.07) is 12.0. The highest BCUT2D eigenvalue weighted by Crippen LogP contribution is 2.37. The van der Waals surface area contributed by atoms with Crippen molar-refractivity contribution in [3.63, 3.8) is 0 Å². The van der Waals surface area contributed by atoms with E-state index in [0.717, 1.165) is 33.6 Å². The van der Waals surface area contributed by atoms with Crippen molar-refractivity contribution in [2.75, 3.05) is 7.11 Å². The largest absolute Gasteiger partial charge is 0.497 e. The average Bonchev–Trinajstić information content (AvgIpc) is 2.77. The molecule has 1 aliphatic carbocycles. The Morgan fingerprint density at radius 2 is 1.78 bits per heavy atom. The molecule has 18 heavy (non-hydrogen) atoms. The maximum atomic E-state index is 5.18. The van der Waals surface area contributed by atoms with Gasteiger partial charge in [-0.05, 0) is 53.4 Å². The zero-order chi connectivity index (χ0) is 12.5. The molecule has 1 aliphatic heterocycles. The van der Waals surface area contributed by atoms with E-state index in [4.69, 9.17) is 9.15 Å². The van der Waals surface area contributed by atoms with Crippen molar-refractivity contribution < 1.29 is 9.15 Å². The van der Waals surface area contributed by atoms with Crippen molar-refractivity contribution in [3.05, 3.63) is 61.4 Å². The second-order valence-corrected chi connectivity index (χ2v) is 4.19. The zero-order valence-electron chi connectivity index (χ0n) is 10.1. The number of hydrogen-bond acceptors (Lipinski definition) is 2. The van der Waals surface area contributed by atoms with Crippen LogP contribution in [0.1, 0.15) is 5.56 Å². The number of fused-ring (bicyclic) bond motifs is 1. The highest BCUT2D eigenvalue weighted by molar-refractivity contribution is 5.85. The molecule has 89 valence electrons. The molecule has 0 N–H and O–H groups in total. The lowest BCUT2D eigenvalue weighted by Gasteiger charge is -2.03. The average molecular weight is 237 g/mol. The van der Waals surface area contributed by atoms with Gasteiger partial charge < -0.3 is 9.15 Å². The number of ether oxygens (including phenoxy) is 1. The number of rotatable bonds is 2. The van der Waals surface area contributed by atoms with Crippen LogP contribution >= 0.6 is 0 Å². The Morgan fingerprint density at radius 1 is 1.00 bits per heavy atom. The van der Waals surface area contributed by atoms with E-state index in [9.17, 15) is 0 Å². The molecule has 0 amide bonds. The molecule has 0 saturated heterocycles. The Bertz CT molecular complexity index is 635. The molecule has 0 atom stereocenters. The Balaban J connectivity index is 2.13. The molecular formula is C16H13O2. The van der Waals surface area contributed by atoms with Crippen LogP contribution < -0.4 is 4.74 Å². The second-order valence-electron chi connectivity index (χ2n) is 4.19. The topological polar surface area (TPSA) is 22.4 Å². The van der Waals surface area contributed by atoms with Crippen molar-refractivity contribution in [1.29, 1.82) is 0 Å². The van der Waals surface area contributed by atoms with Gasteiger partial charge >= 0.3 is 0 Å². The van der Waals surface area contributed by atoms with Crippen LogP contribution in [0.15, 0.2) is 53.3 Å². The molecule has 1 heterocycles. The first-order chi connectivity index (χ1) is 8.79. The molecule has 0 fully saturated rings. The molecule has 1 aromatic rings. The monoisotopic (exact) mass is 237 g/mol. The molecule has 0 spiro atoms. The van der Waals surface area contributed by atoms with Crippen molar-refractivity contribution in [2.24, 2.45) is 0 Å². The smallest absolute Gasteiger partial charge is 0.118 e. The standard InChI is InChI=1S/C16H13O2/c1-11-15-7-8-18-10-13(15)9-16(11)12-3-5-14(17-2)6-4-12/h3-10H,1H2,2H3. The van der Waals surface area contributed by atoms with Crippen LogP contribution in [0.5, 0.6) is 5.75 Å². The quantitative estimate of drug-likeness (QED) is 0.665. The Hall–Kier alpha value is -2.22. The van der Waals surface area contributed by atoms with Gasteiger partial charge in [0.15, 0.2) is 0 Å². The fraction of sp³-hybridized carbons (Fsp3) is 0.0625. The summed E-state index contributed by atoms with van der Waals surface area (Å²) < 4.78 is 10.3. The van der Waals surface area contributed by atoms with E-state index in [2.05, 4.69) is 13.0 Å². The van der Waals surface area contributed by atoms with Crippen molar-refractivity contribution in [2.45, 2.75) is 0 Å². The van der Waals surface area contributed by atoms with Gasteiger partial charge in [-0.1, -0.05) is 12.1 Å². The third-order valence-electron chi connectivity index (χ3n) is 3.17. The van der Waals surface area contributed by atoms with E-state index in [0.29, 0.717) is 0 Å². The molecule has 0 bridgehead atoms. The summed E-state index contributed by atoms with van der Waals surface area (Å²) in [5.74, 6) is 0.857. The van der Waals surface area contributed by atoms with E-state index in [1.54, 1.807) is 19.6 Å². The Kier molecular flexibility index (Phi) is 2.56. The maximum Gasteiger partial charge on any atom is 0.118 e. The first kappa shape index (κ1) is 10.9. The summed E-state index contributed by atoms with van der Waals surface area (Å²) in [7, 11) is 1.67. The summed E-state index contributed by atoms with van der Waals surface area (Å²) in [5, 5.41) is 0. The first-order valence-corrected chi connectivity index (χ1v) is 5.75. The van der Waals surface area contributed by atoms with Crippen LogP contribution in [0, 0.1) is 6.92 Å². The molecular weight excluding hydrogens is 224 g/mol. The van der Waals surface area contributed by atoms with E-state index < -0.39 is 0 Å². The summed E-state index contributed by atoms with van der Waals surface area (Å²) in [5.41, 5.74) is 5.51. The number of benzene rings is 1. The van der Waals surface area contributed by atoms with Crippen molar-refractivity contribution in [3.8, 4) is 28.0 Å². The lowest BCUT2D eigenvalue weighted by Crippen LogP contribution is -1.82. The Morgan fingerprint density at radius 3 is 2.44 bits per heavy atom. The minimum absolute atomic E-state index is 0.857. The predicted molar refractivity (Wildman–Crippen MR) is 71.8 cm³/mol. The van der Waals surface area contributed by atoms with Gasteiger partial charge in [0.05, 0.1) is 19.6 Å². The lowest BCUT2D eigenvalue weighted by atomic mass is 10.0. The van der Waals surface area contributed by atoms with Crippen molar-refractivity contribution in [1.82, 2.24) is 0 Å². The SMILES string of the molecule is [CH2]c1c2ccocc-2cc1-c1ccc(OC)cc1. The highest BCUT2D eigenvalue weighted by atomic mass is 16.5. The fourth-order valence-electron chi connectivity index (χ4n) is 2.18. The van der Waals surface area contributed by atoms with Crippen LogP contribution in [0.4, 0.5) is 0 Å². The van der Waals surface area contributed by atoms with Gasteiger partial charge in [0, 0.05) is 5.56 Å². The molecule has 0 saturated carbocycles. The highest BCUT2D eigenvalue weighted by Gasteiger charge is 2.13. The van der Waals surface area contributed by atoms with E-state index >= 15 is 0 Å². The van der Waals surface area contributed by atoms with E-state index in [1.807, 2.05) is 30.3 Å². The number of methoxy groups -OCH3 is 1. The molecule has 2 nitrogen and oxygen atoms in total. The first-order valence-electron chi connectivity index (χ1n) is 5.75. The van der Waals surface area contributed by atoms with Gasteiger partial charge in [-0.2, -0.15) is 0 Å². The van der Waals surface area contributed by atoms with Crippen LogP contribution in [0.2, 0.25) is 0 Å². The van der Waals surface area contributed by atoms with Crippen LogP contribution in [-0.4, -0.2) is 7.11 Å². The molecule has 0 unspecified atom stereocenters. The minimum Gasteiger partial charge on any atom is -0.497 e. The summed E-state index contributed by atoms with van der Waals surface area (Å²) >= 11 is 0. The van der Waals surface area contributed by atoms with Crippen LogP contribution in [-0.2, 0) is 0 Å². The summed E-state index contributed by atoms with van der Waals surface area (Å²) in [4.78, 5) is 0. The predicted octanol–water partition coefficient (Wildman–Crippen LogP) is 4.24. The van der Waals surface area contributed by atoms with Gasteiger partial charge in [-0.15, -0.1) is 0 Å². The molecule has 0 aromatic heterocycles. The summed E-state index contributed by atoms with van der Waals surface area (Å²) in [6.45, 7) is 4.15. The van der Waals surface area contributed by atoms with E-state index in [-0.39, 0.29) is 0 Å². The minimum atomic E-state index is 0.857. The molecule has 2 aliphatic rings. The van der Waals surface area contributed by atoms with E-state index in [1.165, 1.54) is 0 Å². The van der Waals surface area contributed by atoms with Gasteiger partial charge in [0.25, 0.3) is 0 Å². The van der Waals surface area contributed by atoms with Crippen LogP contribution in [0.3, 0.4) is 0 Å². The third-order valence-corrected chi connectivity index (χ3v) is 3.17. The summed E-state index contributed by atoms with van der Waals surface area (Å²) in [6.07, 6.45) is 3.42. The zero-order valence-corrected chi connectivity index (χ0v) is 10.1. The maximum absolute atomic E-state index is 5.18. The van der Waals surface area contributed by atoms with Gasteiger partial charge in [-0.25, -0.2) is 0 Å². The molecule has 1 aromatic carbocycles. The number of hydrogen-bond donors (Lipinski definition) is 0. The molecule has 2 heteroatoms. The molecule has 3 rings (SSSR count). The van der Waals surface area contributed by atoms with Crippen molar-refractivity contribution >= 4 is 0 Å². The lowest BCUT2D eigenvalue weighted by molar-refractivity contribution is 0.415.